The summed E-state index contributed by atoms with van der Waals surface area (Å²) in [6.07, 6.45) is -6.27. The van der Waals surface area contributed by atoms with E-state index < -0.39 is 24.7 Å². The average Bonchev–Trinajstić information content (AvgIpc) is 2.53. The standard InChI is InChI=1S/C15H16F3N3O3/c1-20(8-12(22)15(16,17)18)13(23)6-7-21-9-19-11-5-3-2-4-10(11)14(21)24/h2-5,9,12,22H,6-8H2,1H3. The van der Waals surface area contributed by atoms with Gasteiger partial charge in [0.25, 0.3) is 5.56 Å². The first kappa shape index (κ1) is 17.9. The number of alkyl halides is 3. The van der Waals surface area contributed by atoms with E-state index in [1.807, 2.05) is 0 Å². The number of hydrogen-bond acceptors (Lipinski definition) is 4. The second-order valence-corrected chi connectivity index (χ2v) is 5.34. The molecule has 9 heteroatoms. The van der Waals surface area contributed by atoms with Crippen LogP contribution in [0.1, 0.15) is 6.42 Å². The summed E-state index contributed by atoms with van der Waals surface area (Å²) < 4.78 is 38.1. The van der Waals surface area contributed by atoms with E-state index in [0.29, 0.717) is 10.9 Å². The van der Waals surface area contributed by atoms with Crippen molar-refractivity contribution in [2.75, 3.05) is 13.6 Å². The van der Waals surface area contributed by atoms with Crippen LogP contribution in [0.25, 0.3) is 10.9 Å². The van der Waals surface area contributed by atoms with Crippen LogP contribution in [-0.4, -0.2) is 51.3 Å². The van der Waals surface area contributed by atoms with Gasteiger partial charge in [-0.3, -0.25) is 14.2 Å². The molecule has 0 aliphatic heterocycles. The van der Waals surface area contributed by atoms with Crippen molar-refractivity contribution in [2.24, 2.45) is 0 Å². The van der Waals surface area contributed by atoms with Gasteiger partial charge in [0.2, 0.25) is 5.91 Å². The van der Waals surface area contributed by atoms with E-state index in [9.17, 15) is 22.8 Å². The van der Waals surface area contributed by atoms with Crippen molar-refractivity contribution in [1.29, 1.82) is 0 Å². The van der Waals surface area contributed by atoms with Crippen molar-refractivity contribution in [3.63, 3.8) is 0 Å². The minimum atomic E-state index is -4.78. The summed E-state index contributed by atoms with van der Waals surface area (Å²) >= 11 is 0. The van der Waals surface area contributed by atoms with Gasteiger partial charge in [-0.25, -0.2) is 4.98 Å². The van der Waals surface area contributed by atoms with E-state index in [4.69, 9.17) is 5.11 Å². The molecule has 0 radical (unpaired) electrons. The Kier molecular flexibility index (Phi) is 5.23. The third kappa shape index (κ3) is 4.10. The molecule has 0 spiro atoms. The van der Waals surface area contributed by atoms with E-state index in [1.165, 1.54) is 17.9 Å². The van der Waals surface area contributed by atoms with Crippen molar-refractivity contribution in [2.45, 2.75) is 25.2 Å². The number of carbonyl (C=O) groups is 1. The summed E-state index contributed by atoms with van der Waals surface area (Å²) in [5.41, 5.74) is 0.196. The average molecular weight is 343 g/mol. The van der Waals surface area contributed by atoms with Crippen LogP contribution < -0.4 is 5.56 Å². The smallest absolute Gasteiger partial charge is 0.382 e. The molecule has 6 nitrogen and oxygen atoms in total. The highest BCUT2D eigenvalue weighted by atomic mass is 19.4. The van der Waals surface area contributed by atoms with Crippen LogP contribution in [0.3, 0.4) is 0 Å². The second-order valence-electron chi connectivity index (χ2n) is 5.34. The number of halogens is 3. The number of fused-ring (bicyclic) bond motifs is 1. The number of amides is 1. The van der Waals surface area contributed by atoms with E-state index >= 15 is 0 Å². The molecular formula is C15H16F3N3O3. The van der Waals surface area contributed by atoms with E-state index in [1.54, 1.807) is 24.3 Å². The third-order valence-corrected chi connectivity index (χ3v) is 3.55. The van der Waals surface area contributed by atoms with Gasteiger partial charge in [0.1, 0.15) is 0 Å². The number of aromatic nitrogens is 2. The molecule has 0 fully saturated rings. The number of likely N-dealkylation sites (N-methyl/N-ethyl adjacent to an activating group) is 1. The normalized spacial score (nSPS) is 13.0. The van der Waals surface area contributed by atoms with E-state index in [0.717, 1.165) is 4.90 Å². The molecular weight excluding hydrogens is 327 g/mol. The highest BCUT2D eigenvalue weighted by Gasteiger charge is 2.39. The number of rotatable bonds is 5. The molecule has 1 heterocycles. The Hall–Kier alpha value is -2.42. The maximum atomic E-state index is 12.3. The van der Waals surface area contributed by atoms with Gasteiger partial charge in [0, 0.05) is 20.0 Å². The summed E-state index contributed by atoms with van der Waals surface area (Å²) in [7, 11) is 1.17. The van der Waals surface area contributed by atoms with E-state index in [-0.39, 0.29) is 18.5 Å². The molecule has 1 N–H and O–H groups in total. The van der Waals surface area contributed by atoms with Crippen molar-refractivity contribution >= 4 is 16.8 Å². The van der Waals surface area contributed by atoms with Crippen molar-refractivity contribution < 1.29 is 23.1 Å². The third-order valence-electron chi connectivity index (χ3n) is 3.55. The van der Waals surface area contributed by atoms with Crippen LogP contribution in [0.2, 0.25) is 0 Å². The predicted octanol–water partition coefficient (Wildman–Crippen LogP) is 1.17. The number of benzene rings is 1. The Morgan fingerprint density at radius 1 is 1.38 bits per heavy atom. The van der Waals surface area contributed by atoms with Crippen LogP contribution in [0.5, 0.6) is 0 Å². The lowest BCUT2D eigenvalue weighted by Crippen LogP contribution is -2.42. The molecule has 0 saturated carbocycles. The first-order valence-corrected chi connectivity index (χ1v) is 7.13. The molecule has 1 atom stereocenters. The maximum absolute atomic E-state index is 12.3. The zero-order valence-corrected chi connectivity index (χ0v) is 12.8. The number of carbonyl (C=O) groups excluding carboxylic acids is 1. The van der Waals surface area contributed by atoms with Gasteiger partial charge in [-0.1, -0.05) is 12.1 Å². The van der Waals surface area contributed by atoms with E-state index in [2.05, 4.69) is 4.98 Å². The molecule has 1 aromatic heterocycles. The lowest BCUT2D eigenvalue weighted by molar-refractivity contribution is -0.207. The topological polar surface area (TPSA) is 75.4 Å². The highest BCUT2D eigenvalue weighted by molar-refractivity contribution is 5.77. The molecule has 0 bridgehead atoms. The molecule has 0 saturated heterocycles. The maximum Gasteiger partial charge on any atom is 0.416 e. The number of aryl methyl sites for hydroxylation is 1. The molecule has 1 amide bonds. The van der Waals surface area contributed by atoms with Gasteiger partial charge in [-0.05, 0) is 12.1 Å². The molecule has 24 heavy (non-hydrogen) atoms. The van der Waals surface area contributed by atoms with Crippen molar-refractivity contribution in [1.82, 2.24) is 14.5 Å². The quantitative estimate of drug-likeness (QED) is 0.884. The van der Waals surface area contributed by atoms with Gasteiger partial charge in [-0.15, -0.1) is 0 Å². The fourth-order valence-electron chi connectivity index (χ4n) is 2.14. The monoisotopic (exact) mass is 343 g/mol. The second kappa shape index (κ2) is 7.00. The summed E-state index contributed by atoms with van der Waals surface area (Å²) in [5, 5.41) is 9.37. The number of hydrogen-bond donors (Lipinski definition) is 1. The number of aliphatic hydroxyl groups excluding tert-OH is 1. The molecule has 0 aliphatic carbocycles. The van der Waals surface area contributed by atoms with Gasteiger partial charge in [0.05, 0.1) is 23.8 Å². The summed E-state index contributed by atoms with van der Waals surface area (Å²) in [5.74, 6) is -0.613. The summed E-state index contributed by atoms with van der Waals surface area (Å²) in [6, 6.07) is 6.71. The Bertz CT molecular complexity index is 789. The zero-order chi connectivity index (χ0) is 17.9. The van der Waals surface area contributed by atoms with Crippen molar-refractivity contribution in [3.8, 4) is 0 Å². The minimum Gasteiger partial charge on any atom is -0.382 e. The Morgan fingerprint density at radius 2 is 2.04 bits per heavy atom. The number of aliphatic hydroxyl groups is 1. The first-order chi connectivity index (χ1) is 11.2. The summed E-state index contributed by atoms with van der Waals surface area (Å²) in [6.45, 7) is -0.866. The Morgan fingerprint density at radius 3 is 2.71 bits per heavy atom. The highest BCUT2D eigenvalue weighted by Crippen LogP contribution is 2.20. The lowest BCUT2D eigenvalue weighted by Gasteiger charge is -2.22. The Balaban J connectivity index is 2.02. The largest absolute Gasteiger partial charge is 0.416 e. The molecule has 2 rings (SSSR count). The fraction of sp³-hybridized carbons (Fsp3) is 0.400. The molecule has 1 unspecified atom stereocenters. The SMILES string of the molecule is CN(CC(O)C(F)(F)F)C(=O)CCn1cnc2ccccc2c1=O. The molecule has 0 aliphatic rings. The first-order valence-electron chi connectivity index (χ1n) is 7.13. The molecule has 130 valence electrons. The van der Waals surface area contributed by atoms with Crippen LogP contribution in [0, 0.1) is 0 Å². The number of nitrogens with zero attached hydrogens (tertiary/aromatic N) is 3. The van der Waals surface area contributed by atoms with Crippen LogP contribution in [-0.2, 0) is 11.3 Å². The molecule has 2 aromatic rings. The van der Waals surface area contributed by atoms with Crippen molar-refractivity contribution in [3.05, 3.63) is 40.9 Å². The van der Waals surface area contributed by atoms with Crippen LogP contribution in [0.15, 0.2) is 35.4 Å². The minimum absolute atomic E-state index is 0.0120. The lowest BCUT2D eigenvalue weighted by atomic mass is 10.2. The fourth-order valence-corrected chi connectivity index (χ4v) is 2.14. The van der Waals surface area contributed by atoms with Gasteiger partial charge in [0.15, 0.2) is 6.10 Å². The predicted molar refractivity (Wildman–Crippen MR) is 80.3 cm³/mol. The van der Waals surface area contributed by atoms with Gasteiger partial charge in [-0.2, -0.15) is 13.2 Å². The zero-order valence-electron chi connectivity index (χ0n) is 12.8. The van der Waals surface area contributed by atoms with Crippen LogP contribution in [0.4, 0.5) is 13.2 Å². The van der Waals surface area contributed by atoms with Gasteiger partial charge < -0.3 is 10.0 Å². The number of para-hydroxylation sites is 1. The van der Waals surface area contributed by atoms with Gasteiger partial charge >= 0.3 is 6.18 Å². The van der Waals surface area contributed by atoms with Crippen LogP contribution >= 0.6 is 0 Å². The molecule has 1 aromatic carbocycles. The Labute approximate surface area is 135 Å². The summed E-state index contributed by atoms with van der Waals surface area (Å²) in [4.78, 5) is 29.0.